The fraction of sp³-hybridized carbons (Fsp3) is 0.400. The first-order chi connectivity index (χ1) is 7.33. The maximum absolute atomic E-state index is 5.52. The second kappa shape index (κ2) is 4.37. The fourth-order valence-corrected chi connectivity index (χ4v) is 1.36. The largest absolute Gasteiger partial charge is 0.439 e. The van der Waals surface area contributed by atoms with Crippen LogP contribution < -0.4 is 5.73 Å². The number of pyridine rings is 1. The van der Waals surface area contributed by atoms with E-state index in [0.29, 0.717) is 30.1 Å². The zero-order valence-electron chi connectivity index (χ0n) is 8.51. The number of hydrogen-bond donors (Lipinski definition) is 1. The Labute approximate surface area is 87.3 Å². The minimum atomic E-state index is -0.0573. The van der Waals surface area contributed by atoms with Gasteiger partial charge in [0.25, 0.3) is 0 Å². The second-order valence-electron chi connectivity index (χ2n) is 3.23. The van der Waals surface area contributed by atoms with Gasteiger partial charge in [0.15, 0.2) is 17.1 Å². The Hall–Kier alpha value is -1.46. The molecular formula is C10H13N3O2. The highest BCUT2D eigenvalue weighted by Gasteiger charge is 2.12. The van der Waals surface area contributed by atoms with Crippen molar-refractivity contribution in [3.63, 3.8) is 0 Å². The lowest BCUT2D eigenvalue weighted by Gasteiger charge is -2.08. The van der Waals surface area contributed by atoms with E-state index in [9.17, 15) is 0 Å². The molecular weight excluding hydrogens is 194 g/mol. The molecule has 1 atom stereocenters. The van der Waals surface area contributed by atoms with Crippen molar-refractivity contribution in [3.8, 4) is 0 Å². The highest BCUT2D eigenvalue weighted by atomic mass is 16.5. The first kappa shape index (κ1) is 10.1. The van der Waals surface area contributed by atoms with Crippen molar-refractivity contribution in [1.29, 1.82) is 0 Å². The highest BCUT2D eigenvalue weighted by Crippen LogP contribution is 2.13. The van der Waals surface area contributed by atoms with Gasteiger partial charge in [-0.05, 0) is 12.1 Å². The average Bonchev–Trinajstić information content (AvgIpc) is 2.68. The van der Waals surface area contributed by atoms with Gasteiger partial charge < -0.3 is 14.9 Å². The summed E-state index contributed by atoms with van der Waals surface area (Å²) in [6.07, 6.45) is 2.20. The van der Waals surface area contributed by atoms with Gasteiger partial charge in [-0.15, -0.1) is 0 Å². The monoisotopic (exact) mass is 207 g/mol. The van der Waals surface area contributed by atoms with Crippen molar-refractivity contribution in [2.24, 2.45) is 5.73 Å². The van der Waals surface area contributed by atoms with Gasteiger partial charge in [0.2, 0.25) is 0 Å². The Morgan fingerprint density at radius 1 is 1.60 bits per heavy atom. The number of nitrogens with two attached hydrogens (primary N) is 1. The smallest absolute Gasteiger partial charge is 0.199 e. The van der Waals surface area contributed by atoms with E-state index >= 15 is 0 Å². The Kier molecular flexibility index (Phi) is 2.94. The van der Waals surface area contributed by atoms with E-state index in [1.807, 2.05) is 12.1 Å². The molecule has 0 aliphatic rings. The summed E-state index contributed by atoms with van der Waals surface area (Å²) in [5, 5.41) is 0. The summed E-state index contributed by atoms with van der Waals surface area (Å²) in [4.78, 5) is 8.32. The lowest BCUT2D eigenvalue weighted by atomic mass is 10.2. The Balaban J connectivity index is 2.21. The average molecular weight is 207 g/mol. The van der Waals surface area contributed by atoms with Crippen molar-refractivity contribution in [2.75, 3.05) is 13.7 Å². The van der Waals surface area contributed by atoms with Gasteiger partial charge >= 0.3 is 0 Å². The summed E-state index contributed by atoms with van der Waals surface area (Å²) in [6.45, 7) is 0.447. The molecule has 0 bridgehead atoms. The quantitative estimate of drug-likeness (QED) is 0.800. The molecule has 80 valence electrons. The van der Waals surface area contributed by atoms with Gasteiger partial charge in [0.1, 0.15) is 0 Å². The van der Waals surface area contributed by atoms with Crippen LogP contribution in [0.3, 0.4) is 0 Å². The fourth-order valence-electron chi connectivity index (χ4n) is 1.36. The van der Waals surface area contributed by atoms with Crippen LogP contribution in [0.1, 0.15) is 5.89 Å². The molecule has 0 radical (unpaired) electrons. The summed E-state index contributed by atoms with van der Waals surface area (Å²) in [5.74, 6) is 0.612. The first-order valence-electron chi connectivity index (χ1n) is 4.76. The van der Waals surface area contributed by atoms with Crippen molar-refractivity contribution in [3.05, 3.63) is 24.2 Å². The predicted octanol–water partition coefficient (Wildman–Crippen LogP) is 0.739. The molecule has 0 aliphatic carbocycles. The molecule has 15 heavy (non-hydrogen) atoms. The summed E-state index contributed by atoms with van der Waals surface area (Å²) < 4.78 is 10.6. The van der Waals surface area contributed by atoms with Crippen LogP contribution in [-0.4, -0.2) is 29.7 Å². The minimum Gasteiger partial charge on any atom is -0.439 e. The Bertz CT molecular complexity index is 404. The molecule has 2 aromatic heterocycles. The molecule has 0 saturated carbocycles. The van der Waals surface area contributed by atoms with E-state index in [2.05, 4.69) is 9.97 Å². The van der Waals surface area contributed by atoms with Gasteiger partial charge in [-0.1, -0.05) is 0 Å². The van der Waals surface area contributed by atoms with Gasteiger partial charge in [-0.2, -0.15) is 4.98 Å². The summed E-state index contributed by atoms with van der Waals surface area (Å²) in [5.41, 5.74) is 6.83. The molecule has 0 aromatic carbocycles. The number of hydrogen-bond acceptors (Lipinski definition) is 5. The molecule has 0 aliphatic heterocycles. The van der Waals surface area contributed by atoms with Crippen LogP contribution in [0.2, 0.25) is 0 Å². The van der Waals surface area contributed by atoms with Gasteiger partial charge in [0, 0.05) is 19.9 Å². The van der Waals surface area contributed by atoms with Crippen molar-refractivity contribution in [1.82, 2.24) is 9.97 Å². The van der Waals surface area contributed by atoms with Crippen LogP contribution >= 0.6 is 0 Å². The number of ether oxygens (including phenoxy) is 1. The minimum absolute atomic E-state index is 0.0573. The maximum atomic E-state index is 5.52. The SMILES string of the molecule is COC(CN)Cc1nc2ncccc2o1. The molecule has 5 nitrogen and oxygen atoms in total. The molecule has 2 aromatic rings. The van der Waals surface area contributed by atoms with E-state index in [1.165, 1.54) is 0 Å². The third-order valence-electron chi connectivity index (χ3n) is 2.21. The van der Waals surface area contributed by atoms with Gasteiger partial charge in [0.05, 0.1) is 12.5 Å². The van der Waals surface area contributed by atoms with Gasteiger partial charge in [-0.25, -0.2) is 4.98 Å². The van der Waals surface area contributed by atoms with E-state index < -0.39 is 0 Å². The lowest BCUT2D eigenvalue weighted by Crippen LogP contribution is -2.24. The predicted molar refractivity (Wildman–Crippen MR) is 55.4 cm³/mol. The summed E-state index contributed by atoms with van der Waals surface area (Å²) >= 11 is 0. The lowest BCUT2D eigenvalue weighted by molar-refractivity contribution is 0.104. The van der Waals surface area contributed by atoms with E-state index in [4.69, 9.17) is 14.9 Å². The topological polar surface area (TPSA) is 74.2 Å². The summed E-state index contributed by atoms with van der Waals surface area (Å²) in [6, 6.07) is 3.65. The van der Waals surface area contributed by atoms with Crippen LogP contribution in [-0.2, 0) is 11.2 Å². The highest BCUT2D eigenvalue weighted by molar-refractivity contribution is 5.66. The van der Waals surface area contributed by atoms with Gasteiger partial charge in [-0.3, -0.25) is 0 Å². The number of rotatable bonds is 4. The van der Waals surface area contributed by atoms with E-state index in [1.54, 1.807) is 13.3 Å². The number of fused-ring (bicyclic) bond motifs is 1. The van der Waals surface area contributed by atoms with Crippen LogP contribution in [0.15, 0.2) is 22.7 Å². The van der Waals surface area contributed by atoms with Crippen LogP contribution in [0.5, 0.6) is 0 Å². The van der Waals surface area contributed by atoms with Crippen molar-refractivity contribution < 1.29 is 9.15 Å². The second-order valence-corrected chi connectivity index (χ2v) is 3.23. The van der Waals surface area contributed by atoms with Crippen LogP contribution in [0.25, 0.3) is 11.2 Å². The van der Waals surface area contributed by atoms with Crippen LogP contribution in [0.4, 0.5) is 0 Å². The van der Waals surface area contributed by atoms with Crippen molar-refractivity contribution >= 4 is 11.2 Å². The first-order valence-corrected chi connectivity index (χ1v) is 4.76. The molecule has 0 fully saturated rings. The zero-order chi connectivity index (χ0) is 10.7. The molecule has 2 rings (SSSR count). The molecule has 0 saturated heterocycles. The number of oxazole rings is 1. The molecule has 0 spiro atoms. The molecule has 5 heteroatoms. The van der Waals surface area contributed by atoms with E-state index in [-0.39, 0.29) is 6.10 Å². The molecule has 0 amide bonds. The Morgan fingerprint density at radius 2 is 2.47 bits per heavy atom. The third kappa shape index (κ3) is 2.14. The molecule has 2 heterocycles. The Morgan fingerprint density at radius 3 is 3.13 bits per heavy atom. The summed E-state index contributed by atoms with van der Waals surface area (Å²) in [7, 11) is 1.62. The number of nitrogens with zero attached hydrogens (tertiary/aromatic N) is 2. The van der Waals surface area contributed by atoms with Crippen LogP contribution in [0, 0.1) is 0 Å². The van der Waals surface area contributed by atoms with E-state index in [0.717, 1.165) is 0 Å². The van der Waals surface area contributed by atoms with Crippen molar-refractivity contribution in [2.45, 2.75) is 12.5 Å². The molecule has 2 N–H and O–H groups in total. The standard InChI is InChI=1S/C10H13N3O2/c1-14-7(6-11)5-9-13-10-8(15-9)3-2-4-12-10/h2-4,7H,5-6,11H2,1H3. The zero-order valence-corrected chi connectivity index (χ0v) is 8.51. The third-order valence-corrected chi connectivity index (χ3v) is 2.21. The maximum Gasteiger partial charge on any atom is 0.199 e. The molecule has 1 unspecified atom stereocenters. The number of methoxy groups -OCH3 is 1. The number of aromatic nitrogens is 2. The normalized spacial score (nSPS) is 13.2.